The van der Waals surface area contributed by atoms with Gasteiger partial charge in [0.25, 0.3) is 0 Å². The average Bonchev–Trinajstić information content (AvgIpc) is 2.82. The van der Waals surface area contributed by atoms with Gasteiger partial charge in [-0.1, -0.05) is 12.1 Å². The Kier molecular flexibility index (Phi) is 3.61. The van der Waals surface area contributed by atoms with Crippen LogP contribution in [0.1, 0.15) is 30.8 Å². The zero-order valence-electron chi connectivity index (χ0n) is 15.3. The van der Waals surface area contributed by atoms with Crippen LogP contribution in [0.3, 0.4) is 0 Å². The minimum absolute atomic E-state index is 0.00807. The van der Waals surface area contributed by atoms with Crippen molar-refractivity contribution in [1.82, 2.24) is 15.0 Å². The third-order valence-corrected chi connectivity index (χ3v) is 4.88. The second-order valence-electron chi connectivity index (χ2n) is 7.20. The normalized spacial score (nSPS) is 15.2. The Labute approximate surface area is 152 Å². The van der Waals surface area contributed by atoms with Crippen molar-refractivity contribution in [2.75, 3.05) is 4.90 Å². The first kappa shape index (κ1) is 16.4. The number of benzene rings is 1. The summed E-state index contributed by atoms with van der Waals surface area (Å²) in [6.45, 7) is 7.75. The van der Waals surface area contributed by atoms with Crippen LogP contribution in [0, 0.1) is 13.8 Å². The van der Waals surface area contributed by atoms with Crippen LogP contribution in [0.15, 0.2) is 48.9 Å². The van der Waals surface area contributed by atoms with Crippen LogP contribution in [0.25, 0.3) is 11.1 Å². The quantitative estimate of drug-likeness (QED) is 0.702. The van der Waals surface area contributed by atoms with E-state index in [0.717, 1.165) is 33.8 Å². The first-order chi connectivity index (χ1) is 12.4. The van der Waals surface area contributed by atoms with Crippen LogP contribution in [-0.4, -0.2) is 20.9 Å². The van der Waals surface area contributed by atoms with Gasteiger partial charge in [-0.05, 0) is 62.6 Å². The average molecular weight is 344 g/mol. The van der Waals surface area contributed by atoms with E-state index >= 15 is 0 Å². The number of pyridine rings is 1. The van der Waals surface area contributed by atoms with Crippen LogP contribution in [0.4, 0.5) is 11.5 Å². The number of aromatic nitrogens is 3. The van der Waals surface area contributed by atoms with E-state index in [0.29, 0.717) is 5.82 Å². The zero-order valence-corrected chi connectivity index (χ0v) is 15.3. The Bertz CT molecular complexity index is 1010. The Hall–Kier alpha value is -3.08. The first-order valence-electron chi connectivity index (χ1n) is 8.59. The molecular formula is C21H20N4O. The second kappa shape index (κ2) is 5.73. The Balaban J connectivity index is 1.89. The van der Waals surface area contributed by atoms with Gasteiger partial charge in [-0.15, -0.1) is 0 Å². The fraction of sp³-hybridized carbons (Fsp3) is 0.238. The summed E-state index contributed by atoms with van der Waals surface area (Å²) in [4.78, 5) is 27.8. The fourth-order valence-corrected chi connectivity index (χ4v) is 3.38. The molecular weight excluding hydrogens is 324 g/mol. The predicted octanol–water partition coefficient (Wildman–Crippen LogP) is 4.11. The SMILES string of the molecule is Cc1cnc(N2C(=O)C(C)(C)c3ccc(-c4ccnc(C)c4)cc32)cn1. The van der Waals surface area contributed by atoms with Gasteiger partial charge in [-0.3, -0.25) is 19.7 Å². The summed E-state index contributed by atoms with van der Waals surface area (Å²) in [5, 5.41) is 0. The van der Waals surface area contributed by atoms with E-state index in [2.05, 4.69) is 27.1 Å². The number of hydrogen-bond acceptors (Lipinski definition) is 4. The number of hydrogen-bond donors (Lipinski definition) is 0. The van der Waals surface area contributed by atoms with Crippen LogP contribution < -0.4 is 4.90 Å². The molecule has 0 bridgehead atoms. The lowest BCUT2D eigenvalue weighted by Gasteiger charge is -2.19. The standard InChI is InChI=1S/C21H20N4O/c1-13-9-16(7-8-22-13)15-5-6-17-18(10-15)25(20(26)21(17,3)4)19-12-23-14(2)11-24-19/h5-12H,1-4H3. The Morgan fingerprint density at radius 2 is 1.65 bits per heavy atom. The highest BCUT2D eigenvalue weighted by Gasteiger charge is 2.45. The molecule has 3 aromatic rings. The molecule has 5 heteroatoms. The molecule has 0 radical (unpaired) electrons. The highest BCUT2D eigenvalue weighted by molar-refractivity contribution is 6.12. The van der Waals surface area contributed by atoms with Gasteiger partial charge < -0.3 is 0 Å². The summed E-state index contributed by atoms with van der Waals surface area (Å²) < 4.78 is 0. The fourth-order valence-electron chi connectivity index (χ4n) is 3.38. The molecule has 26 heavy (non-hydrogen) atoms. The van der Waals surface area contributed by atoms with E-state index in [-0.39, 0.29) is 5.91 Å². The van der Waals surface area contributed by atoms with Gasteiger partial charge in [-0.25, -0.2) is 4.98 Å². The van der Waals surface area contributed by atoms with Crippen molar-refractivity contribution in [2.45, 2.75) is 33.1 Å². The van der Waals surface area contributed by atoms with Gasteiger partial charge in [0.2, 0.25) is 5.91 Å². The first-order valence-corrected chi connectivity index (χ1v) is 8.59. The topological polar surface area (TPSA) is 59.0 Å². The van der Waals surface area contributed by atoms with E-state index in [1.807, 2.05) is 45.9 Å². The molecule has 130 valence electrons. The smallest absolute Gasteiger partial charge is 0.242 e. The van der Waals surface area contributed by atoms with E-state index in [1.54, 1.807) is 23.5 Å². The van der Waals surface area contributed by atoms with E-state index in [1.165, 1.54) is 0 Å². The summed E-state index contributed by atoms with van der Waals surface area (Å²) in [5.41, 5.74) is 5.16. The number of fused-ring (bicyclic) bond motifs is 1. The van der Waals surface area contributed by atoms with E-state index < -0.39 is 5.41 Å². The molecule has 1 amide bonds. The van der Waals surface area contributed by atoms with Crippen LogP contribution in [0.2, 0.25) is 0 Å². The van der Waals surface area contributed by atoms with Crippen molar-refractivity contribution in [3.8, 4) is 11.1 Å². The number of aryl methyl sites for hydroxylation is 2. The molecule has 1 aromatic carbocycles. The molecule has 0 saturated heterocycles. The molecule has 4 rings (SSSR count). The Morgan fingerprint density at radius 1 is 0.885 bits per heavy atom. The molecule has 3 heterocycles. The lowest BCUT2D eigenvalue weighted by Crippen LogP contribution is -2.33. The molecule has 2 aromatic heterocycles. The van der Waals surface area contributed by atoms with E-state index in [4.69, 9.17) is 0 Å². The van der Waals surface area contributed by atoms with Crippen molar-refractivity contribution in [2.24, 2.45) is 0 Å². The van der Waals surface area contributed by atoms with Crippen molar-refractivity contribution < 1.29 is 4.79 Å². The van der Waals surface area contributed by atoms with Gasteiger partial charge in [-0.2, -0.15) is 0 Å². The van der Waals surface area contributed by atoms with Crippen LogP contribution >= 0.6 is 0 Å². The largest absolute Gasteiger partial charge is 0.273 e. The minimum atomic E-state index is -0.603. The maximum Gasteiger partial charge on any atom is 0.242 e. The lowest BCUT2D eigenvalue weighted by atomic mass is 9.85. The molecule has 1 aliphatic rings. The van der Waals surface area contributed by atoms with Gasteiger partial charge in [0.1, 0.15) is 0 Å². The van der Waals surface area contributed by atoms with Crippen molar-refractivity contribution >= 4 is 17.4 Å². The monoisotopic (exact) mass is 344 g/mol. The molecule has 0 fully saturated rings. The highest BCUT2D eigenvalue weighted by atomic mass is 16.2. The second-order valence-corrected chi connectivity index (χ2v) is 7.20. The maximum atomic E-state index is 13.1. The molecule has 0 unspecified atom stereocenters. The summed E-state index contributed by atoms with van der Waals surface area (Å²) >= 11 is 0. The van der Waals surface area contributed by atoms with Crippen molar-refractivity contribution in [3.63, 3.8) is 0 Å². The molecule has 0 N–H and O–H groups in total. The van der Waals surface area contributed by atoms with E-state index in [9.17, 15) is 4.79 Å². The molecule has 0 spiro atoms. The van der Waals surface area contributed by atoms with Crippen molar-refractivity contribution in [1.29, 1.82) is 0 Å². The Morgan fingerprint density at radius 3 is 2.35 bits per heavy atom. The number of rotatable bonds is 2. The van der Waals surface area contributed by atoms with Gasteiger partial charge in [0, 0.05) is 11.9 Å². The number of amides is 1. The number of carbonyl (C=O) groups excluding carboxylic acids is 1. The third kappa shape index (κ3) is 2.47. The van der Waals surface area contributed by atoms with Crippen molar-refractivity contribution in [3.05, 3.63) is 65.9 Å². The number of anilines is 2. The van der Waals surface area contributed by atoms with Gasteiger partial charge in [0.05, 0.1) is 29.2 Å². The molecule has 5 nitrogen and oxygen atoms in total. The maximum absolute atomic E-state index is 13.1. The lowest BCUT2D eigenvalue weighted by molar-refractivity contribution is -0.121. The molecule has 1 aliphatic heterocycles. The van der Waals surface area contributed by atoms with Crippen LogP contribution in [-0.2, 0) is 10.2 Å². The predicted molar refractivity (Wildman–Crippen MR) is 101 cm³/mol. The molecule has 0 aliphatic carbocycles. The third-order valence-electron chi connectivity index (χ3n) is 4.88. The number of carbonyl (C=O) groups is 1. The summed E-state index contributed by atoms with van der Waals surface area (Å²) in [6.07, 6.45) is 5.14. The molecule has 0 atom stereocenters. The van der Waals surface area contributed by atoms with Crippen LogP contribution in [0.5, 0.6) is 0 Å². The summed E-state index contributed by atoms with van der Waals surface area (Å²) in [5.74, 6) is 0.559. The number of nitrogens with zero attached hydrogens (tertiary/aromatic N) is 4. The zero-order chi connectivity index (χ0) is 18.5. The minimum Gasteiger partial charge on any atom is -0.273 e. The highest BCUT2D eigenvalue weighted by Crippen LogP contribution is 2.46. The summed E-state index contributed by atoms with van der Waals surface area (Å²) in [7, 11) is 0. The molecule has 0 saturated carbocycles. The van der Waals surface area contributed by atoms with Gasteiger partial charge in [0.15, 0.2) is 5.82 Å². The van der Waals surface area contributed by atoms with Gasteiger partial charge >= 0.3 is 0 Å². The summed E-state index contributed by atoms with van der Waals surface area (Å²) in [6, 6.07) is 10.2.